The lowest BCUT2D eigenvalue weighted by Gasteiger charge is -2.40. The molecule has 2 aliphatic heterocycles. The van der Waals surface area contributed by atoms with Crippen molar-refractivity contribution in [1.29, 1.82) is 0 Å². The largest absolute Gasteiger partial charge is 0.368 e. The average molecular weight is 464 g/mol. The van der Waals surface area contributed by atoms with E-state index in [2.05, 4.69) is 43.5 Å². The quantitative estimate of drug-likeness (QED) is 0.615. The number of anilines is 3. The van der Waals surface area contributed by atoms with Gasteiger partial charge in [-0.1, -0.05) is 19.3 Å². The first-order chi connectivity index (χ1) is 16.1. The molecule has 2 fully saturated rings. The van der Waals surface area contributed by atoms with Gasteiger partial charge in [-0.25, -0.2) is 15.0 Å². The summed E-state index contributed by atoms with van der Waals surface area (Å²) < 4.78 is 0.978. The zero-order valence-corrected chi connectivity index (χ0v) is 19.7. The summed E-state index contributed by atoms with van der Waals surface area (Å²) in [5.41, 5.74) is 3.23. The molecule has 1 amide bonds. The van der Waals surface area contributed by atoms with E-state index in [1.807, 2.05) is 18.5 Å². The van der Waals surface area contributed by atoms with E-state index in [9.17, 15) is 4.79 Å². The van der Waals surface area contributed by atoms with Crippen LogP contribution in [0, 0.1) is 0 Å². The van der Waals surface area contributed by atoms with Crippen molar-refractivity contribution in [3.63, 3.8) is 0 Å². The van der Waals surface area contributed by atoms with Gasteiger partial charge in [0.25, 0.3) is 5.91 Å². The Morgan fingerprint density at radius 1 is 1.06 bits per heavy atom. The molecule has 0 bridgehead atoms. The minimum Gasteiger partial charge on any atom is -0.368 e. The zero-order valence-electron chi connectivity index (χ0n) is 18.9. The predicted molar refractivity (Wildman–Crippen MR) is 132 cm³/mol. The minimum atomic E-state index is 0.00771. The Morgan fingerprint density at radius 3 is 2.64 bits per heavy atom. The molecule has 3 aliphatic rings. The smallest absolute Gasteiger partial charge is 0.261 e. The molecule has 1 spiro atoms. The van der Waals surface area contributed by atoms with Crippen molar-refractivity contribution in [2.45, 2.75) is 37.5 Å². The van der Waals surface area contributed by atoms with Crippen LogP contribution in [0.5, 0.6) is 0 Å². The van der Waals surface area contributed by atoms with Crippen LogP contribution in [-0.2, 0) is 5.41 Å². The summed E-state index contributed by atoms with van der Waals surface area (Å²) in [6.07, 6.45) is 9.64. The first kappa shape index (κ1) is 20.8. The molecule has 0 unspecified atom stereocenters. The van der Waals surface area contributed by atoms with Gasteiger partial charge in [0.1, 0.15) is 5.82 Å². The molecule has 1 saturated heterocycles. The first-order valence-electron chi connectivity index (χ1n) is 11.9. The number of amides is 1. The highest BCUT2D eigenvalue weighted by atomic mass is 32.1. The maximum absolute atomic E-state index is 12.7. The second-order valence-electron chi connectivity index (χ2n) is 9.55. The molecule has 1 saturated carbocycles. The second-order valence-corrected chi connectivity index (χ2v) is 10.6. The van der Waals surface area contributed by atoms with E-state index in [0.29, 0.717) is 12.5 Å². The number of hydrogen-bond donors (Lipinski definition) is 2. The van der Waals surface area contributed by atoms with Gasteiger partial charge >= 0.3 is 0 Å². The molecule has 5 heterocycles. The predicted octanol–water partition coefficient (Wildman–Crippen LogP) is 3.53. The molecule has 0 aromatic carbocycles. The first-order valence-corrected chi connectivity index (χ1v) is 12.7. The number of hydrogen-bond acceptors (Lipinski definition) is 8. The number of fused-ring (bicyclic) bond motifs is 4. The van der Waals surface area contributed by atoms with Crippen molar-refractivity contribution in [1.82, 2.24) is 25.2 Å². The van der Waals surface area contributed by atoms with Crippen LogP contribution in [0.1, 0.15) is 47.3 Å². The van der Waals surface area contributed by atoms with E-state index in [-0.39, 0.29) is 11.3 Å². The lowest BCUT2D eigenvalue weighted by atomic mass is 9.68. The van der Waals surface area contributed by atoms with Crippen molar-refractivity contribution >= 4 is 44.9 Å². The Balaban J connectivity index is 1.29. The van der Waals surface area contributed by atoms with Crippen LogP contribution in [-0.4, -0.2) is 65.5 Å². The number of nitrogens with zero attached hydrogens (tertiary/aromatic N) is 5. The molecule has 2 N–H and O–H groups in total. The van der Waals surface area contributed by atoms with Crippen molar-refractivity contribution in [3.8, 4) is 0 Å². The fraction of sp³-hybridized carbons (Fsp3) is 0.500. The van der Waals surface area contributed by atoms with Crippen molar-refractivity contribution in [3.05, 3.63) is 35.0 Å². The summed E-state index contributed by atoms with van der Waals surface area (Å²) >= 11 is 1.52. The lowest BCUT2D eigenvalue weighted by molar-refractivity contribution is 0.0919. The number of rotatable bonds is 3. The molecule has 6 rings (SSSR count). The summed E-state index contributed by atoms with van der Waals surface area (Å²) in [7, 11) is 2.16. The van der Waals surface area contributed by atoms with E-state index in [4.69, 9.17) is 4.98 Å². The molecule has 3 aromatic heterocycles. The van der Waals surface area contributed by atoms with E-state index in [1.165, 1.54) is 30.6 Å². The Kier molecular flexibility index (Phi) is 5.18. The number of carbonyl (C=O) groups is 1. The van der Waals surface area contributed by atoms with Gasteiger partial charge in [-0.3, -0.25) is 4.79 Å². The van der Waals surface area contributed by atoms with Gasteiger partial charge in [0.15, 0.2) is 0 Å². The molecule has 0 atom stereocenters. The SMILES string of the molecule is CN1CCN(c2ccc(Nc3ncc4sc5c(c4n3)C3(CCCCC3)CNC5=O)nc2)CC1. The Labute approximate surface area is 197 Å². The number of thiophene rings is 1. The maximum Gasteiger partial charge on any atom is 0.261 e. The third kappa shape index (κ3) is 3.73. The van der Waals surface area contributed by atoms with Crippen LogP contribution in [0.2, 0.25) is 0 Å². The molecule has 0 radical (unpaired) electrons. The summed E-state index contributed by atoms with van der Waals surface area (Å²) in [5, 5.41) is 6.42. The van der Waals surface area contributed by atoms with Crippen LogP contribution < -0.4 is 15.5 Å². The Hall–Kier alpha value is -2.78. The van der Waals surface area contributed by atoms with Crippen LogP contribution in [0.25, 0.3) is 10.2 Å². The van der Waals surface area contributed by atoms with Gasteiger partial charge in [-0.2, -0.15) is 0 Å². The van der Waals surface area contributed by atoms with Crippen LogP contribution in [0.15, 0.2) is 24.5 Å². The highest BCUT2D eigenvalue weighted by Crippen LogP contribution is 2.47. The van der Waals surface area contributed by atoms with E-state index >= 15 is 0 Å². The van der Waals surface area contributed by atoms with E-state index < -0.39 is 0 Å². The second kappa shape index (κ2) is 8.22. The number of nitrogens with one attached hydrogen (secondary N) is 2. The van der Waals surface area contributed by atoms with Gasteiger partial charge in [-0.05, 0) is 32.0 Å². The fourth-order valence-electron chi connectivity index (χ4n) is 5.50. The monoisotopic (exact) mass is 463 g/mol. The van der Waals surface area contributed by atoms with Gasteiger partial charge in [0, 0.05) is 43.7 Å². The molecular formula is C24H29N7OS. The number of piperazine rings is 1. The summed E-state index contributed by atoms with van der Waals surface area (Å²) in [6, 6.07) is 4.09. The molecule has 172 valence electrons. The molecule has 3 aromatic rings. The highest BCUT2D eigenvalue weighted by molar-refractivity contribution is 7.21. The summed E-state index contributed by atoms with van der Waals surface area (Å²) in [5.74, 6) is 1.28. The van der Waals surface area contributed by atoms with Crippen molar-refractivity contribution in [2.24, 2.45) is 0 Å². The van der Waals surface area contributed by atoms with Crippen LogP contribution in [0.4, 0.5) is 17.5 Å². The van der Waals surface area contributed by atoms with Crippen LogP contribution in [0.3, 0.4) is 0 Å². The molecule has 8 nitrogen and oxygen atoms in total. The highest BCUT2D eigenvalue weighted by Gasteiger charge is 2.43. The Morgan fingerprint density at radius 2 is 1.88 bits per heavy atom. The van der Waals surface area contributed by atoms with Gasteiger partial charge in [0.05, 0.1) is 33.2 Å². The van der Waals surface area contributed by atoms with Gasteiger partial charge < -0.3 is 20.4 Å². The topological polar surface area (TPSA) is 86.3 Å². The average Bonchev–Trinajstić information content (AvgIpc) is 3.24. The van der Waals surface area contributed by atoms with Crippen molar-refractivity contribution in [2.75, 3.05) is 50.0 Å². The summed E-state index contributed by atoms with van der Waals surface area (Å²) in [6.45, 7) is 4.88. The maximum atomic E-state index is 12.7. The lowest BCUT2D eigenvalue weighted by Crippen LogP contribution is -2.47. The number of likely N-dealkylation sites (N-methyl/N-ethyl adjacent to an activating group) is 1. The number of carbonyl (C=O) groups excluding carboxylic acids is 1. The minimum absolute atomic E-state index is 0.00771. The van der Waals surface area contributed by atoms with Crippen LogP contribution >= 0.6 is 11.3 Å². The summed E-state index contributed by atoms with van der Waals surface area (Å²) in [4.78, 5) is 32.2. The number of pyridine rings is 1. The molecule has 33 heavy (non-hydrogen) atoms. The van der Waals surface area contributed by atoms with Crippen molar-refractivity contribution < 1.29 is 4.79 Å². The fourth-order valence-corrected chi connectivity index (χ4v) is 6.65. The number of aromatic nitrogens is 3. The molecule has 9 heteroatoms. The third-order valence-corrected chi connectivity index (χ3v) is 8.53. The van der Waals surface area contributed by atoms with E-state index in [1.54, 1.807) is 0 Å². The molecular weight excluding hydrogens is 434 g/mol. The molecule has 1 aliphatic carbocycles. The van der Waals surface area contributed by atoms with E-state index in [0.717, 1.165) is 71.2 Å². The third-order valence-electron chi connectivity index (χ3n) is 7.42. The zero-order chi connectivity index (χ0) is 22.4. The standard InChI is InChI=1S/C24H29N7OS/c1-30-9-11-31(12-10-30)16-5-6-18(25-13-16)28-23-26-14-17-20(29-23)19-21(33-17)22(32)27-15-24(19)7-3-2-4-8-24/h5-6,13-14H,2-4,7-12,15H2,1H3,(H,27,32)(H,25,26,28,29). The normalized spacial score (nSPS) is 20.6. The van der Waals surface area contributed by atoms with Gasteiger partial charge in [0.2, 0.25) is 5.95 Å². The Bertz CT molecular complexity index is 1180. The van der Waals surface area contributed by atoms with Gasteiger partial charge in [-0.15, -0.1) is 11.3 Å².